The Kier molecular flexibility index (Phi) is 6.74. The van der Waals surface area contributed by atoms with Crippen molar-refractivity contribution in [1.29, 1.82) is 0 Å². The predicted octanol–water partition coefficient (Wildman–Crippen LogP) is 6.12. The van der Waals surface area contributed by atoms with Crippen molar-refractivity contribution < 1.29 is 28.3 Å². The first-order chi connectivity index (χ1) is 15.9. The van der Waals surface area contributed by atoms with Crippen molar-refractivity contribution in [2.75, 3.05) is 7.11 Å². The Bertz CT molecular complexity index is 1280. The number of nitrogens with zero attached hydrogens (tertiary/aromatic N) is 1. The molecular weight excluding hydrogens is 445 g/mol. The molecule has 0 aliphatic heterocycles. The highest BCUT2D eigenvalue weighted by atomic mass is 32.1. The van der Waals surface area contributed by atoms with Crippen molar-refractivity contribution in [2.24, 2.45) is 0 Å². The van der Waals surface area contributed by atoms with Gasteiger partial charge in [0.1, 0.15) is 29.6 Å². The summed E-state index contributed by atoms with van der Waals surface area (Å²) in [5, 5.41) is 13.1. The number of benzene rings is 2. The molecule has 1 N–H and O–H groups in total. The molecule has 0 saturated heterocycles. The van der Waals surface area contributed by atoms with E-state index in [1.165, 1.54) is 13.2 Å². The van der Waals surface area contributed by atoms with Crippen LogP contribution >= 0.6 is 11.3 Å². The summed E-state index contributed by atoms with van der Waals surface area (Å²) in [4.78, 5) is 12.8. The number of carbonyl (C=O) groups is 1. The van der Waals surface area contributed by atoms with Crippen LogP contribution in [-0.2, 0) is 17.8 Å². The zero-order valence-corrected chi connectivity index (χ0v) is 18.9. The third-order valence-corrected chi connectivity index (χ3v) is 6.09. The SMILES string of the molecule is COc1ccc(F)c(-c2onc(COc3cccc(CCC(=O)O)c3)c2-c2ccc(C)s2)c1. The lowest BCUT2D eigenvalue weighted by Crippen LogP contribution is -2.00. The molecular formula is C25H22FNO5S. The van der Waals surface area contributed by atoms with Crippen LogP contribution in [-0.4, -0.2) is 23.3 Å². The van der Waals surface area contributed by atoms with Crippen molar-refractivity contribution in [2.45, 2.75) is 26.4 Å². The van der Waals surface area contributed by atoms with E-state index in [1.807, 2.05) is 31.2 Å². The van der Waals surface area contributed by atoms with Gasteiger partial charge in [-0.25, -0.2) is 4.39 Å². The van der Waals surface area contributed by atoms with Crippen LogP contribution in [0.5, 0.6) is 11.5 Å². The summed E-state index contributed by atoms with van der Waals surface area (Å²) in [7, 11) is 1.52. The fourth-order valence-electron chi connectivity index (χ4n) is 3.43. The Balaban J connectivity index is 1.66. The molecule has 0 amide bonds. The fraction of sp³-hybridized carbons (Fsp3) is 0.200. The molecule has 170 valence electrons. The van der Waals surface area contributed by atoms with Crippen LogP contribution in [0.4, 0.5) is 4.39 Å². The number of methoxy groups -OCH3 is 1. The summed E-state index contributed by atoms with van der Waals surface area (Å²) in [6.07, 6.45) is 0.458. The van der Waals surface area contributed by atoms with Crippen molar-refractivity contribution >= 4 is 17.3 Å². The molecule has 0 unspecified atom stereocenters. The van der Waals surface area contributed by atoms with Crippen LogP contribution in [0.15, 0.2) is 59.1 Å². The lowest BCUT2D eigenvalue weighted by molar-refractivity contribution is -0.136. The molecule has 0 bridgehead atoms. The summed E-state index contributed by atoms with van der Waals surface area (Å²) in [6, 6.07) is 15.7. The Labute approximate surface area is 194 Å². The van der Waals surface area contributed by atoms with Crippen LogP contribution in [0.3, 0.4) is 0 Å². The first kappa shape index (κ1) is 22.5. The molecule has 4 rings (SSSR count). The molecule has 2 aromatic heterocycles. The zero-order chi connectivity index (χ0) is 23.4. The highest BCUT2D eigenvalue weighted by molar-refractivity contribution is 7.15. The number of aliphatic carboxylic acids is 1. The van der Waals surface area contributed by atoms with Crippen LogP contribution < -0.4 is 9.47 Å². The van der Waals surface area contributed by atoms with Gasteiger partial charge in [-0.2, -0.15) is 0 Å². The maximum atomic E-state index is 14.7. The van der Waals surface area contributed by atoms with Gasteiger partial charge in [0.05, 0.1) is 18.2 Å². The summed E-state index contributed by atoms with van der Waals surface area (Å²) in [5.41, 5.74) is 2.32. The van der Waals surface area contributed by atoms with Gasteiger partial charge in [-0.05, 0) is 61.4 Å². The van der Waals surface area contributed by atoms with Crippen LogP contribution in [0.1, 0.15) is 22.6 Å². The minimum atomic E-state index is -0.850. The third-order valence-electron chi connectivity index (χ3n) is 5.07. The second kappa shape index (κ2) is 9.87. The number of hydrogen-bond acceptors (Lipinski definition) is 6. The van der Waals surface area contributed by atoms with Gasteiger partial charge in [0.15, 0.2) is 5.76 Å². The number of rotatable bonds is 9. The molecule has 0 radical (unpaired) electrons. The lowest BCUT2D eigenvalue weighted by atomic mass is 10.0. The van der Waals surface area contributed by atoms with Crippen LogP contribution in [0.25, 0.3) is 21.8 Å². The highest BCUT2D eigenvalue weighted by Crippen LogP contribution is 2.40. The van der Waals surface area contributed by atoms with E-state index in [2.05, 4.69) is 5.16 Å². The van der Waals surface area contributed by atoms with Gasteiger partial charge in [-0.3, -0.25) is 4.79 Å². The number of thiophene rings is 1. The van der Waals surface area contributed by atoms with Crippen molar-refractivity contribution in [3.05, 3.63) is 76.5 Å². The molecule has 8 heteroatoms. The number of halogens is 1. The van der Waals surface area contributed by atoms with E-state index < -0.39 is 11.8 Å². The Morgan fingerprint density at radius 2 is 2.00 bits per heavy atom. The smallest absolute Gasteiger partial charge is 0.303 e. The molecule has 0 aliphatic rings. The van der Waals surface area contributed by atoms with Crippen molar-refractivity contribution in [3.63, 3.8) is 0 Å². The highest BCUT2D eigenvalue weighted by Gasteiger charge is 2.24. The fourth-order valence-corrected chi connectivity index (χ4v) is 4.36. The molecule has 0 spiro atoms. The molecule has 0 saturated carbocycles. The van der Waals surface area contributed by atoms with Crippen LogP contribution in [0.2, 0.25) is 0 Å². The maximum absolute atomic E-state index is 14.7. The average molecular weight is 468 g/mol. The van der Waals surface area contributed by atoms with Gasteiger partial charge < -0.3 is 19.1 Å². The number of carboxylic acid groups (broad SMARTS) is 1. The molecule has 33 heavy (non-hydrogen) atoms. The molecule has 6 nitrogen and oxygen atoms in total. The quantitative estimate of drug-likeness (QED) is 0.319. The number of ether oxygens (including phenoxy) is 2. The lowest BCUT2D eigenvalue weighted by Gasteiger charge is -2.08. The van der Waals surface area contributed by atoms with Gasteiger partial charge in [0.2, 0.25) is 0 Å². The maximum Gasteiger partial charge on any atom is 0.303 e. The first-order valence-electron chi connectivity index (χ1n) is 10.3. The molecule has 0 fully saturated rings. The predicted molar refractivity (Wildman–Crippen MR) is 123 cm³/mol. The molecule has 2 aromatic carbocycles. The molecule has 0 atom stereocenters. The Morgan fingerprint density at radius 1 is 1.15 bits per heavy atom. The summed E-state index contributed by atoms with van der Waals surface area (Å²) in [5.74, 6) is 0.106. The molecule has 2 heterocycles. The van der Waals surface area contributed by atoms with Crippen molar-refractivity contribution in [3.8, 4) is 33.3 Å². The standard InChI is InChI=1S/C25H22FNO5S/c1-15-6-10-22(33-15)24-21(14-31-18-5-3-4-16(12-18)7-11-23(28)29)27-32-25(24)19-13-17(30-2)8-9-20(19)26/h3-6,8-10,12-13H,7,11,14H2,1-2H3,(H,28,29). The largest absolute Gasteiger partial charge is 0.497 e. The number of hydrogen-bond donors (Lipinski definition) is 1. The number of carboxylic acids is 1. The van der Waals surface area contributed by atoms with E-state index in [0.717, 1.165) is 15.3 Å². The second-order valence-electron chi connectivity index (χ2n) is 7.42. The Morgan fingerprint density at radius 3 is 2.73 bits per heavy atom. The van der Waals surface area contributed by atoms with Gasteiger partial charge in [-0.1, -0.05) is 17.3 Å². The summed E-state index contributed by atoms with van der Waals surface area (Å²) >= 11 is 1.55. The van der Waals surface area contributed by atoms with Crippen molar-refractivity contribution in [1.82, 2.24) is 5.16 Å². The van der Waals surface area contributed by atoms with E-state index >= 15 is 0 Å². The van der Waals surface area contributed by atoms with Crippen LogP contribution in [0, 0.1) is 12.7 Å². The van der Waals surface area contributed by atoms with Gasteiger partial charge >= 0.3 is 5.97 Å². The van der Waals surface area contributed by atoms with Gasteiger partial charge in [0.25, 0.3) is 0 Å². The molecule has 4 aromatic rings. The minimum Gasteiger partial charge on any atom is -0.497 e. The third kappa shape index (κ3) is 5.23. The number of aromatic nitrogens is 1. The Hall–Kier alpha value is -3.65. The summed E-state index contributed by atoms with van der Waals surface area (Å²) < 4.78 is 31.5. The van der Waals surface area contributed by atoms with E-state index in [9.17, 15) is 9.18 Å². The van der Waals surface area contributed by atoms with E-state index in [0.29, 0.717) is 34.9 Å². The monoisotopic (exact) mass is 467 g/mol. The topological polar surface area (TPSA) is 81.8 Å². The normalized spacial score (nSPS) is 10.9. The molecule has 0 aliphatic carbocycles. The van der Waals surface area contributed by atoms with E-state index in [1.54, 1.807) is 35.6 Å². The van der Waals surface area contributed by atoms with E-state index in [4.69, 9.17) is 19.1 Å². The summed E-state index contributed by atoms with van der Waals surface area (Å²) in [6.45, 7) is 2.09. The number of aryl methyl sites for hydroxylation is 2. The van der Waals surface area contributed by atoms with Gasteiger partial charge in [0, 0.05) is 16.2 Å². The minimum absolute atomic E-state index is 0.0457. The van der Waals surface area contributed by atoms with E-state index in [-0.39, 0.29) is 18.6 Å². The second-order valence-corrected chi connectivity index (χ2v) is 8.71. The average Bonchev–Trinajstić information content (AvgIpc) is 3.42. The van der Waals surface area contributed by atoms with Gasteiger partial charge in [-0.15, -0.1) is 11.3 Å². The zero-order valence-electron chi connectivity index (χ0n) is 18.1. The first-order valence-corrected chi connectivity index (χ1v) is 11.1.